The lowest BCUT2D eigenvalue weighted by Crippen LogP contribution is -2.42. The summed E-state index contributed by atoms with van der Waals surface area (Å²) in [7, 11) is 3.65. The molecule has 2 bridgehead atoms. The molecule has 0 aromatic heterocycles. The van der Waals surface area contributed by atoms with E-state index in [4.69, 9.17) is 18.9 Å². The molecule has 2 aliphatic rings. The van der Waals surface area contributed by atoms with Gasteiger partial charge in [-0.15, -0.1) is 0 Å². The van der Waals surface area contributed by atoms with Gasteiger partial charge in [0.1, 0.15) is 5.57 Å². The molecule has 1 aromatic rings. The minimum Gasteiger partial charge on any atom is -0.466 e. The summed E-state index contributed by atoms with van der Waals surface area (Å²) in [5.41, 5.74) is 0.314. The molecule has 2 unspecified atom stereocenters. The minimum atomic E-state index is -1.67. The van der Waals surface area contributed by atoms with Gasteiger partial charge in [-0.1, -0.05) is 24.3 Å². The van der Waals surface area contributed by atoms with Crippen LogP contribution in [0.2, 0.25) is 0 Å². The zero-order valence-electron chi connectivity index (χ0n) is 12.7. The van der Waals surface area contributed by atoms with Gasteiger partial charge in [-0.05, 0) is 0 Å². The Morgan fingerprint density at radius 2 is 1.74 bits per heavy atom. The Hall–Kier alpha value is -2.51. The Balaban J connectivity index is 2.36. The second-order valence-electron chi connectivity index (χ2n) is 5.00. The Labute approximate surface area is 131 Å². The van der Waals surface area contributed by atoms with Gasteiger partial charge in [0.15, 0.2) is 11.9 Å². The number of fused-ring (bicyclic) bond motifs is 4. The third-order valence-corrected chi connectivity index (χ3v) is 4.01. The first-order valence-corrected chi connectivity index (χ1v) is 6.79. The Morgan fingerprint density at radius 3 is 2.35 bits per heavy atom. The molecule has 0 saturated heterocycles. The van der Waals surface area contributed by atoms with Gasteiger partial charge in [-0.25, -0.2) is 9.59 Å². The van der Waals surface area contributed by atoms with Gasteiger partial charge in [-0.2, -0.15) is 0 Å². The summed E-state index contributed by atoms with van der Waals surface area (Å²) in [6, 6.07) is 6.56. The average Bonchev–Trinajstić information content (AvgIpc) is 2.92. The van der Waals surface area contributed by atoms with E-state index in [1.54, 1.807) is 24.3 Å². The van der Waals surface area contributed by atoms with Crippen molar-refractivity contribution >= 4 is 17.7 Å². The summed E-state index contributed by atoms with van der Waals surface area (Å²) in [5.74, 6) is -3.77. The van der Waals surface area contributed by atoms with Gasteiger partial charge in [-0.3, -0.25) is 4.79 Å². The maximum atomic E-state index is 12.6. The standard InChI is InChI=1S/C16H14O7/c1-20-14(18)10-11(15(19)21-2)16(22-3)9-7-5-4-6-8(9)12(17)13(10)23-16/h4-7,13H,1-3H3. The fourth-order valence-electron chi connectivity index (χ4n) is 3.03. The van der Waals surface area contributed by atoms with Crippen LogP contribution in [0.1, 0.15) is 15.9 Å². The van der Waals surface area contributed by atoms with Crippen molar-refractivity contribution in [1.29, 1.82) is 0 Å². The van der Waals surface area contributed by atoms with Crippen LogP contribution in [0.4, 0.5) is 0 Å². The number of methoxy groups -OCH3 is 3. The first-order valence-electron chi connectivity index (χ1n) is 6.79. The summed E-state index contributed by atoms with van der Waals surface area (Å²) in [5, 5.41) is 0. The SMILES string of the molecule is COC(=O)C1=C(C(=O)OC)C2(OC)OC1C(=O)c1ccccc12. The maximum Gasteiger partial charge on any atom is 0.340 e. The molecule has 3 rings (SSSR count). The molecule has 120 valence electrons. The molecule has 7 nitrogen and oxygen atoms in total. The normalized spacial score (nSPS) is 25.2. The quantitative estimate of drug-likeness (QED) is 0.759. The van der Waals surface area contributed by atoms with Crippen LogP contribution in [0.5, 0.6) is 0 Å². The lowest BCUT2D eigenvalue weighted by Gasteiger charge is -2.34. The van der Waals surface area contributed by atoms with Gasteiger partial charge in [0.2, 0.25) is 5.79 Å². The number of hydrogen-bond donors (Lipinski definition) is 0. The topological polar surface area (TPSA) is 88.1 Å². The molecule has 7 heteroatoms. The molecule has 1 aromatic carbocycles. The van der Waals surface area contributed by atoms with Crippen LogP contribution in [0, 0.1) is 0 Å². The van der Waals surface area contributed by atoms with Gasteiger partial charge in [0.25, 0.3) is 0 Å². The summed E-state index contributed by atoms with van der Waals surface area (Å²) < 4.78 is 20.6. The highest BCUT2D eigenvalue weighted by molar-refractivity contribution is 6.15. The lowest BCUT2D eigenvalue weighted by atomic mass is 9.92. The fraction of sp³-hybridized carbons (Fsp3) is 0.312. The van der Waals surface area contributed by atoms with E-state index in [1.807, 2.05) is 0 Å². The van der Waals surface area contributed by atoms with Crippen LogP contribution in [-0.2, 0) is 34.3 Å². The zero-order chi connectivity index (χ0) is 16.8. The second kappa shape index (κ2) is 5.29. The van der Waals surface area contributed by atoms with Crippen molar-refractivity contribution in [2.75, 3.05) is 21.3 Å². The molecular weight excluding hydrogens is 304 g/mol. The number of ether oxygens (including phenoxy) is 4. The van der Waals surface area contributed by atoms with E-state index in [-0.39, 0.29) is 11.1 Å². The molecule has 0 N–H and O–H groups in total. The molecule has 2 aliphatic heterocycles. The van der Waals surface area contributed by atoms with Gasteiger partial charge in [0, 0.05) is 18.2 Å². The average molecular weight is 318 g/mol. The van der Waals surface area contributed by atoms with E-state index in [1.165, 1.54) is 14.2 Å². The largest absolute Gasteiger partial charge is 0.466 e. The fourth-order valence-corrected chi connectivity index (χ4v) is 3.03. The van der Waals surface area contributed by atoms with Crippen molar-refractivity contribution in [2.24, 2.45) is 0 Å². The first-order chi connectivity index (χ1) is 11.0. The van der Waals surface area contributed by atoms with Crippen molar-refractivity contribution in [2.45, 2.75) is 11.9 Å². The van der Waals surface area contributed by atoms with Crippen molar-refractivity contribution in [3.05, 3.63) is 46.5 Å². The minimum absolute atomic E-state index is 0.169. The summed E-state index contributed by atoms with van der Waals surface area (Å²) >= 11 is 0. The Kier molecular flexibility index (Phi) is 3.54. The van der Waals surface area contributed by atoms with E-state index in [2.05, 4.69) is 0 Å². The molecule has 0 saturated carbocycles. The molecule has 2 atom stereocenters. The summed E-state index contributed by atoms with van der Waals surface area (Å²) in [4.78, 5) is 37.1. The van der Waals surface area contributed by atoms with Gasteiger partial charge >= 0.3 is 11.9 Å². The monoisotopic (exact) mass is 318 g/mol. The van der Waals surface area contributed by atoms with Crippen LogP contribution in [0.15, 0.2) is 35.4 Å². The number of esters is 2. The molecule has 2 heterocycles. The van der Waals surface area contributed by atoms with E-state index in [0.29, 0.717) is 11.1 Å². The van der Waals surface area contributed by atoms with E-state index in [0.717, 1.165) is 7.11 Å². The Bertz CT molecular complexity index is 749. The molecular formula is C16H14O7. The van der Waals surface area contributed by atoms with Crippen LogP contribution in [0.25, 0.3) is 0 Å². The summed E-state index contributed by atoms with van der Waals surface area (Å²) in [6.45, 7) is 0. The second-order valence-corrected chi connectivity index (χ2v) is 5.00. The van der Waals surface area contributed by atoms with Crippen LogP contribution < -0.4 is 0 Å². The molecule has 23 heavy (non-hydrogen) atoms. The lowest BCUT2D eigenvalue weighted by molar-refractivity contribution is -0.207. The molecule has 0 spiro atoms. The predicted octanol–water partition coefficient (Wildman–Crippen LogP) is 0.723. The highest BCUT2D eigenvalue weighted by atomic mass is 16.7. The zero-order valence-corrected chi connectivity index (χ0v) is 12.7. The molecule has 0 amide bonds. The van der Waals surface area contributed by atoms with E-state index < -0.39 is 29.6 Å². The van der Waals surface area contributed by atoms with Crippen molar-refractivity contribution in [3.63, 3.8) is 0 Å². The predicted molar refractivity (Wildman–Crippen MR) is 75.4 cm³/mol. The Morgan fingerprint density at radius 1 is 1.09 bits per heavy atom. The molecule has 0 radical (unpaired) electrons. The molecule has 0 fully saturated rings. The van der Waals surface area contributed by atoms with Crippen LogP contribution in [0.3, 0.4) is 0 Å². The number of Topliss-reactive ketones (excluding diaryl/α,β-unsaturated/α-hetero) is 1. The van der Waals surface area contributed by atoms with Gasteiger partial charge < -0.3 is 18.9 Å². The first kappa shape index (κ1) is 15.4. The molecule has 0 aliphatic carbocycles. The highest BCUT2D eigenvalue weighted by Crippen LogP contribution is 2.50. The number of hydrogen-bond acceptors (Lipinski definition) is 7. The van der Waals surface area contributed by atoms with E-state index in [9.17, 15) is 14.4 Å². The number of carbonyl (C=O) groups is 3. The third-order valence-electron chi connectivity index (χ3n) is 4.01. The number of ketones is 1. The van der Waals surface area contributed by atoms with Crippen LogP contribution >= 0.6 is 0 Å². The number of carbonyl (C=O) groups excluding carboxylic acids is 3. The van der Waals surface area contributed by atoms with Gasteiger partial charge in [0.05, 0.1) is 19.8 Å². The van der Waals surface area contributed by atoms with Crippen molar-refractivity contribution < 1.29 is 33.3 Å². The maximum absolute atomic E-state index is 12.6. The van der Waals surface area contributed by atoms with Crippen LogP contribution in [-0.4, -0.2) is 45.2 Å². The number of benzene rings is 1. The number of rotatable bonds is 3. The third kappa shape index (κ3) is 1.87. The summed E-state index contributed by atoms with van der Waals surface area (Å²) in [6.07, 6.45) is -1.27. The highest BCUT2D eigenvalue weighted by Gasteiger charge is 2.61. The van der Waals surface area contributed by atoms with E-state index >= 15 is 0 Å². The van der Waals surface area contributed by atoms with Crippen molar-refractivity contribution in [1.82, 2.24) is 0 Å². The smallest absolute Gasteiger partial charge is 0.340 e. The van der Waals surface area contributed by atoms with Crippen molar-refractivity contribution in [3.8, 4) is 0 Å².